The average Bonchev–Trinajstić information content (AvgIpc) is 3.32. The third kappa shape index (κ3) is 3.96. The molecule has 2 aromatic carbocycles. The number of hydrogen-bond acceptors (Lipinski definition) is 7. The molecule has 0 aliphatic carbocycles. The van der Waals surface area contributed by atoms with Crippen LogP contribution in [0.15, 0.2) is 65.0 Å². The summed E-state index contributed by atoms with van der Waals surface area (Å²) in [6, 6.07) is 17.2. The number of hydrogen-bond donors (Lipinski definition) is 1. The molecule has 0 saturated heterocycles. The highest BCUT2D eigenvalue weighted by molar-refractivity contribution is 8.00. The number of rotatable bonds is 5. The lowest BCUT2D eigenvalue weighted by Gasteiger charge is -2.19. The number of para-hydroxylation sites is 1. The van der Waals surface area contributed by atoms with Gasteiger partial charge in [-0.15, -0.1) is 11.3 Å². The van der Waals surface area contributed by atoms with Crippen LogP contribution >= 0.6 is 23.1 Å². The summed E-state index contributed by atoms with van der Waals surface area (Å²) in [5, 5.41) is 6.65. The predicted molar refractivity (Wildman–Crippen MR) is 120 cm³/mol. The molecule has 0 saturated carbocycles. The summed E-state index contributed by atoms with van der Waals surface area (Å²) in [7, 11) is 0. The number of ether oxygens (including phenoxy) is 2. The van der Waals surface area contributed by atoms with Crippen LogP contribution < -0.4 is 14.8 Å². The van der Waals surface area contributed by atoms with Gasteiger partial charge in [-0.25, -0.2) is 9.97 Å². The lowest BCUT2D eigenvalue weighted by Crippen LogP contribution is -2.17. The van der Waals surface area contributed by atoms with Crippen LogP contribution in [0.1, 0.15) is 0 Å². The van der Waals surface area contributed by atoms with Crippen molar-refractivity contribution in [3.8, 4) is 22.2 Å². The first-order valence-corrected chi connectivity index (χ1v) is 11.3. The zero-order chi connectivity index (χ0) is 20.3. The molecule has 4 aromatic rings. The molecule has 1 aliphatic rings. The second-order valence-corrected chi connectivity index (χ2v) is 8.45. The normalized spacial score (nSPS) is 12.7. The average molecular weight is 436 g/mol. The minimum atomic E-state index is -0.114. The molecule has 1 N–H and O–H groups in total. The molecule has 150 valence electrons. The van der Waals surface area contributed by atoms with Crippen molar-refractivity contribution in [1.82, 2.24) is 9.97 Å². The van der Waals surface area contributed by atoms with E-state index in [1.807, 2.05) is 53.9 Å². The molecule has 0 unspecified atom stereocenters. The van der Waals surface area contributed by atoms with Gasteiger partial charge in [0, 0.05) is 17.1 Å². The number of fused-ring (bicyclic) bond motifs is 2. The maximum Gasteiger partial charge on any atom is 0.234 e. The standard InChI is InChI=1S/C22H17N3O3S2/c26-20(23-14-7-8-17-18(12-14)28-10-9-27-17)13-30-22-15-4-1-2-5-16(15)24-21(25-22)19-6-3-11-29-19/h1-8,11-12H,9-10,13H2,(H,23,26). The van der Waals surface area contributed by atoms with Crippen LogP contribution in [-0.4, -0.2) is 34.8 Å². The molecule has 1 aliphatic heterocycles. The van der Waals surface area contributed by atoms with Gasteiger partial charge in [0.2, 0.25) is 5.91 Å². The molecule has 30 heavy (non-hydrogen) atoms. The molecule has 0 spiro atoms. The number of carbonyl (C=O) groups is 1. The van der Waals surface area contributed by atoms with Crippen LogP contribution in [0.5, 0.6) is 11.5 Å². The highest BCUT2D eigenvalue weighted by Gasteiger charge is 2.15. The highest BCUT2D eigenvalue weighted by atomic mass is 32.2. The quantitative estimate of drug-likeness (QED) is 0.356. The van der Waals surface area contributed by atoms with Crippen molar-refractivity contribution in [3.63, 3.8) is 0 Å². The fraction of sp³-hybridized carbons (Fsp3) is 0.136. The molecular formula is C22H17N3O3S2. The largest absolute Gasteiger partial charge is 0.486 e. The number of thiophene rings is 1. The van der Waals surface area contributed by atoms with E-state index in [2.05, 4.69) is 10.3 Å². The van der Waals surface area contributed by atoms with Crippen molar-refractivity contribution in [3.05, 3.63) is 60.0 Å². The van der Waals surface area contributed by atoms with Gasteiger partial charge < -0.3 is 14.8 Å². The lowest BCUT2D eigenvalue weighted by atomic mass is 10.2. The summed E-state index contributed by atoms with van der Waals surface area (Å²) in [4.78, 5) is 23.0. The van der Waals surface area contributed by atoms with Crippen LogP contribution in [0.3, 0.4) is 0 Å². The summed E-state index contributed by atoms with van der Waals surface area (Å²) in [5.74, 6) is 2.14. The summed E-state index contributed by atoms with van der Waals surface area (Å²) in [5.41, 5.74) is 1.54. The Morgan fingerprint density at radius 2 is 1.90 bits per heavy atom. The second kappa shape index (κ2) is 8.33. The molecule has 0 bridgehead atoms. The lowest BCUT2D eigenvalue weighted by molar-refractivity contribution is -0.113. The van der Waals surface area contributed by atoms with E-state index in [0.717, 1.165) is 20.8 Å². The number of thioether (sulfide) groups is 1. The first-order valence-electron chi connectivity index (χ1n) is 9.39. The van der Waals surface area contributed by atoms with Gasteiger partial charge in [-0.05, 0) is 29.6 Å². The van der Waals surface area contributed by atoms with Gasteiger partial charge in [0.05, 0.1) is 16.1 Å². The zero-order valence-electron chi connectivity index (χ0n) is 15.8. The van der Waals surface area contributed by atoms with Crippen molar-refractivity contribution in [2.24, 2.45) is 0 Å². The van der Waals surface area contributed by atoms with Gasteiger partial charge >= 0.3 is 0 Å². The Kier molecular flexibility index (Phi) is 5.25. The minimum Gasteiger partial charge on any atom is -0.486 e. The van der Waals surface area contributed by atoms with E-state index >= 15 is 0 Å². The molecule has 1 amide bonds. The summed E-state index contributed by atoms with van der Waals surface area (Å²) >= 11 is 3.00. The summed E-state index contributed by atoms with van der Waals surface area (Å²) < 4.78 is 11.1. The second-order valence-electron chi connectivity index (χ2n) is 6.54. The minimum absolute atomic E-state index is 0.114. The van der Waals surface area contributed by atoms with E-state index in [1.54, 1.807) is 17.4 Å². The zero-order valence-corrected chi connectivity index (χ0v) is 17.5. The van der Waals surface area contributed by atoms with Gasteiger partial charge in [0.15, 0.2) is 17.3 Å². The Balaban J connectivity index is 1.34. The number of nitrogens with one attached hydrogen (secondary N) is 1. The number of nitrogens with zero attached hydrogens (tertiary/aromatic N) is 2. The van der Waals surface area contributed by atoms with Crippen molar-refractivity contribution >= 4 is 45.6 Å². The molecule has 6 nitrogen and oxygen atoms in total. The monoisotopic (exact) mass is 435 g/mol. The molecule has 5 rings (SSSR count). The van der Waals surface area contributed by atoms with Crippen molar-refractivity contribution in [2.75, 3.05) is 24.3 Å². The SMILES string of the molecule is O=C(CSc1nc(-c2cccs2)nc2ccccc12)Nc1ccc2c(c1)OCCO2. The molecular weight excluding hydrogens is 418 g/mol. The topological polar surface area (TPSA) is 73.3 Å². The molecule has 3 heterocycles. The number of aromatic nitrogens is 2. The van der Waals surface area contributed by atoms with Crippen molar-refractivity contribution in [1.29, 1.82) is 0 Å². The van der Waals surface area contributed by atoms with Gasteiger partial charge in [-0.2, -0.15) is 0 Å². The Morgan fingerprint density at radius 3 is 2.77 bits per heavy atom. The van der Waals surface area contributed by atoms with Gasteiger partial charge in [-0.1, -0.05) is 36.0 Å². The number of amides is 1. The van der Waals surface area contributed by atoms with E-state index in [-0.39, 0.29) is 11.7 Å². The van der Waals surface area contributed by atoms with Crippen LogP contribution in [0.2, 0.25) is 0 Å². The third-order valence-electron chi connectivity index (χ3n) is 4.48. The van der Waals surface area contributed by atoms with Crippen molar-refractivity contribution in [2.45, 2.75) is 5.03 Å². The number of carbonyl (C=O) groups excluding carboxylic acids is 1. The fourth-order valence-electron chi connectivity index (χ4n) is 3.13. The summed E-state index contributed by atoms with van der Waals surface area (Å²) in [6.45, 7) is 1.04. The molecule has 8 heteroatoms. The number of benzene rings is 2. The Labute approximate surface area is 181 Å². The smallest absolute Gasteiger partial charge is 0.234 e. The molecule has 0 radical (unpaired) electrons. The Hall–Kier alpha value is -3.10. The van der Waals surface area contributed by atoms with Crippen LogP contribution in [0.25, 0.3) is 21.6 Å². The van der Waals surface area contributed by atoms with Gasteiger partial charge in [0.1, 0.15) is 18.2 Å². The van der Waals surface area contributed by atoms with Gasteiger partial charge in [-0.3, -0.25) is 4.79 Å². The number of anilines is 1. The predicted octanol–water partition coefficient (Wildman–Crippen LogP) is 4.86. The Morgan fingerprint density at radius 1 is 1.03 bits per heavy atom. The molecule has 2 aromatic heterocycles. The van der Waals surface area contributed by atoms with E-state index in [1.165, 1.54) is 11.8 Å². The van der Waals surface area contributed by atoms with Crippen molar-refractivity contribution < 1.29 is 14.3 Å². The Bertz CT molecular complexity index is 1210. The third-order valence-corrected chi connectivity index (χ3v) is 6.33. The molecule has 0 fully saturated rings. The maximum atomic E-state index is 12.6. The highest BCUT2D eigenvalue weighted by Crippen LogP contribution is 2.33. The van der Waals surface area contributed by atoms with E-state index in [4.69, 9.17) is 14.5 Å². The maximum absolute atomic E-state index is 12.6. The van der Waals surface area contributed by atoms with Gasteiger partial charge in [0.25, 0.3) is 0 Å². The fourth-order valence-corrected chi connectivity index (χ4v) is 4.60. The van der Waals surface area contributed by atoms with Crippen LogP contribution in [-0.2, 0) is 4.79 Å². The summed E-state index contributed by atoms with van der Waals surface area (Å²) in [6.07, 6.45) is 0. The van der Waals surface area contributed by atoms with Crippen LogP contribution in [0.4, 0.5) is 5.69 Å². The van der Waals surface area contributed by atoms with E-state index in [0.29, 0.717) is 36.2 Å². The van der Waals surface area contributed by atoms with Crippen LogP contribution in [0, 0.1) is 0 Å². The first-order chi connectivity index (χ1) is 14.8. The molecule has 0 atom stereocenters. The van der Waals surface area contributed by atoms with E-state index < -0.39 is 0 Å². The van der Waals surface area contributed by atoms with E-state index in [9.17, 15) is 4.79 Å². The first kappa shape index (κ1) is 18.9.